The van der Waals surface area contributed by atoms with Crippen LogP contribution in [-0.2, 0) is 22.3 Å². The number of aliphatic carboxylic acids is 1. The van der Waals surface area contributed by atoms with E-state index in [9.17, 15) is 54.2 Å². The van der Waals surface area contributed by atoms with E-state index >= 15 is 0 Å². The van der Waals surface area contributed by atoms with Crippen LogP contribution in [0.25, 0.3) is 0 Å². The molecular weight excluding hydrogens is 577 g/mol. The molecule has 1 amide bonds. The van der Waals surface area contributed by atoms with Crippen LogP contribution in [0.2, 0.25) is 0 Å². The third-order valence-electron chi connectivity index (χ3n) is 7.92. The first-order valence-corrected chi connectivity index (χ1v) is 12.9. The van der Waals surface area contributed by atoms with Crippen LogP contribution in [0, 0.1) is 5.41 Å². The van der Waals surface area contributed by atoms with Crippen LogP contribution in [0.4, 0.5) is 50.0 Å². The molecule has 0 bridgehead atoms. The molecule has 1 spiro atoms. The predicted octanol–water partition coefficient (Wildman–Crippen LogP) is 5.68. The molecule has 1 unspecified atom stereocenters. The molecule has 3 heterocycles. The van der Waals surface area contributed by atoms with E-state index in [-0.39, 0.29) is 50.1 Å². The smallest absolute Gasteiger partial charge is 0.434 e. The summed E-state index contributed by atoms with van der Waals surface area (Å²) in [5.74, 6) is -1.13. The number of carbonyl (C=O) groups is 2. The molecule has 16 heteroatoms. The second kappa shape index (κ2) is 11.1. The maximum atomic E-state index is 13.5. The van der Waals surface area contributed by atoms with Crippen molar-refractivity contribution in [3.05, 3.63) is 29.3 Å². The van der Waals surface area contributed by atoms with Gasteiger partial charge in [0.15, 0.2) is 0 Å². The van der Waals surface area contributed by atoms with E-state index in [1.807, 2.05) is 4.90 Å². The summed E-state index contributed by atoms with van der Waals surface area (Å²) in [6.07, 6.45) is -20.1. The van der Waals surface area contributed by atoms with Crippen molar-refractivity contribution in [1.82, 2.24) is 9.80 Å². The number of ether oxygens (including phenoxy) is 1. The zero-order chi connectivity index (χ0) is 30.4. The van der Waals surface area contributed by atoms with Crippen LogP contribution < -0.4 is 4.90 Å². The monoisotopic (exact) mass is 605 g/mol. The highest BCUT2D eigenvalue weighted by atomic mass is 19.4. The number of piperidine rings is 2. The Labute approximate surface area is 228 Å². The minimum Gasteiger partial charge on any atom is -0.480 e. The van der Waals surface area contributed by atoms with Crippen molar-refractivity contribution in [2.24, 2.45) is 5.41 Å². The molecule has 230 valence electrons. The van der Waals surface area contributed by atoms with Crippen molar-refractivity contribution in [1.29, 1.82) is 0 Å². The first-order chi connectivity index (χ1) is 18.9. The summed E-state index contributed by atoms with van der Waals surface area (Å²) in [6.45, 7) is 1.13. The number of carbonyl (C=O) groups excluding carboxylic acids is 1. The molecule has 1 aromatic rings. The van der Waals surface area contributed by atoms with Crippen molar-refractivity contribution >= 4 is 17.7 Å². The van der Waals surface area contributed by atoms with E-state index < -0.39 is 48.3 Å². The highest BCUT2D eigenvalue weighted by molar-refractivity contribution is 5.79. The third kappa shape index (κ3) is 6.95. The lowest BCUT2D eigenvalue weighted by Crippen LogP contribution is -2.60. The maximum absolute atomic E-state index is 13.5. The van der Waals surface area contributed by atoms with Crippen molar-refractivity contribution in [3.8, 4) is 0 Å². The van der Waals surface area contributed by atoms with E-state index in [0.717, 1.165) is 17.0 Å². The van der Waals surface area contributed by atoms with Crippen LogP contribution in [0.5, 0.6) is 0 Å². The molecule has 3 aliphatic heterocycles. The van der Waals surface area contributed by atoms with Crippen LogP contribution in [0.15, 0.2) is 18.2 Å². The van der Waals surface area contributed by atoms with Gasteiger partial charge in [-0.15, -0.1) is 0 Å². The number of alkyl halides is 9. The number of benzene rings is 1. The normalized spacial score (nSPS) is 22.1. The average molecular weight is 605 g/mol. The number of anilines is 1. The number of carboxylic acids is 1. The topological polar surface area (TPSA) is 73.3 Å². The average Bonchev–Trinajstić information content (AvgIpc) is 2.84. The number of nitrogens with zero attached hydrogens (tertiary/aromatic N) is 3. The van der Waals surface area contributed by atoms with Gasteiger partial charge in [-0.05, 0) is 55.2 Å². The lowest BCUT2D eigenvalue weighted by atomic mass is 9.72. The molecule has 0 aliphatic carbocycles. The highest BCUT2D eigenvalue weighted by Gasteiger charge is 2.60. The first-order valence-electron chi connectivity index (χ1n) is 12.9. The van der Waals surface area contributed by atoms with Gasteiger partial charge in [0.05, 0.1) is 5.56 Å². The van der Waals surface area contributed by atoms with E-state index in [4.69, 9.17) is 0 Å². The molecule has 3 fully saturated rings. The molecule has 0 saturated carbocycles. The van der Waals surface area contributed by atoms with E-state index in [1.54, 1.807) is 0 Å². The largest absolute Gasteiger partial charge is 0.480 e. The standard InChI is InChI=1S/C25H28F9N3O4/c26-23(27,28)16-5-4-15(18(11-16)37-8-2-1-3-17(37)19(38)39)12-35-13-22(14-35)6-9-36(10-7-22)21(40)41-20(24(29,30)31)25(32,33)34/h4-5,11,17,20H,1-3,6-10,12-14H2,(H,38,39). The van der Waals surface area contributed by atoms with Crippen molar-refractivity contribution in [2.45, 2.75) is 69.3 Å². The van der Waals surface area contributed by atoms with Gasteiger partial charge in [0.25, 0.3) is 6.10 Å². The zero-order valence-electron chi connectivity index (χ0n) is 21.6. The summed E-state index contributed by atoms with van der Waals surface area (Å²) in [5.41, 5.74) is -0.573. The second-order valence-electron chi connectivity index (χ2n) is 10.9. The van der Waals surface area contributed by atoms with Gasteiger partial charge in [-0.1, -0.05) is 6.07 Å². The van der Waals surface area contributed by atoms with Gasteiger partial charge in [0, 0.05) is 45.0 Å². The second-order valence-corrected chi connectivity index (χ2v) is 10.9. The van der Waals surface area contributed by atoms with E-state index in [0.29, 0.717) is 37.9 Å². The molecule has 7 nitrogen and oxygen atoms in total. The molecule has 1 atom stereocenters. The number of likely N-dealkylation sites (tertiary alicyclic amines) is 2. The molecule has 0 aromatic heterocycles. The fraction of sp³-hybridized carbons (Fsp3) is 0.680. The van der Waals surface area contributed by atoms with Gasteiger partial charge in [0.1, 0.15) is 6.04 Å². The van der Waals surface area contributed by atoms with Gasteiger partial charge >= 0.3 is 30.6 Å². The number of hydrogen-bond donors (Lipinski definition) is 1. The van der Waals surface area contributed by atoms with Gasteiger partial charge in [0.2, 0.25) is 0 Å². The summed E-state index contributed by atoms with van der Waals surface area (Å²) in [5, 5.41) is 9.66. The lowest BCUT2D eigenvalue weighted by Gasteiger charge is -2.54. The van der Waals surface area contributed by atoms with Crippen LogP contribution in [0.3, 0.4) is 0 Å². The Morgan fingerprint density at radius 2 is 1.56 bits per heavy atom. The Balaban J connectivity index is 1.40. The number of amides is 1. The fourth-order valence-electron chi connectivity index (χ4n) is 5.85. The number of hydrogen-bond acceptors (Lipinski definition) is 5. The first kappa shape index (κ1) is 31.0. The van der Waals surface area contributed by atoms with Crippen molar-refractivity contribution in [2.75, 3.05) is 37.6 Å². The molecule has 0 radical (unpaired) electrons. The van der Waals surface area contributed by atoms with Gasteiger partial charge < -0.3 is 19.6 Å². The minimum absolute atomic E-state index is 0.116. The quantitative estimate of drug-likeness (QED) is 0.436. The van der Waals surface area contributed by atoms with E-state index in [1.165, 1.54) is 11.0 Å². The molecule has 3 saturated heterocycles. The third-order valence-corrected chi connectivity index (χ3v) is 7.92. The van der Waals surface area contributed by atoms with Crippen LogP contribution in [0.1, 0.15) is 43.2 Å². The Morgan fingerprint density at radius 1 is 0.951 bits per heavy atom. The Kier molecular flexibility index (Phi) is 8.37. The van der Waals surface area contributed by atoms with Gasteiger partial charge in [-0.3, -0.25) is 4.90 Å². The molecule has 1 aromatic carbocycles. The SMILES string of the molecule is O=C(O)C1CCCCN1c1cc(C(F)(F)F)ccc1CN1CC2(CCN(C(=O)OC(C(F)(F)F)C(F)(F)F)CC2)C1. The Morgan fingerprint density at radius 3 is 2.10 bits per heavy atom. The summed E-state index contributed by atoms with van der Waals surface area (Å²) >= 11 is 0. The van der Waals surface area contributed by atoms with E-state index in [2.05, 4.69) is 4.74 Å². The highest BCUT2D eigenvalue weighted by Crippen LogP contribution is 2.43. The lowest BCUT2D eigenvalue weighted by molar-refractivity contribution is -0.308. The molecule has 4 rings (SSSR count). The summed E-state index contributed by atoms with van der Waals surface area (Å²) in [6, 6.07) is 2.26. The van der Waals surface area contributed by atoms with Crippen molar-refractivity contribution < 1.29 is 58.9 Å². The summed E-state index contributed by atoms with van der Waals surface area (Å²) in [4.78, 5) is 28.1. The van der Waals surface area contributed by atoms with Crippen LogP contribution in [-0.4, -0.2) is 84.2 Å². The summed E-state index contributed by atoms with van der Waals surface area (Å²) in [7, 11) is 0. The molecule has 41 heavy (non-hydrogen) atoms. The Bertz CT molecular complexity index is 1110. The molecular formula is C25H28F9N3O4. The summed E-state index contributed by atoms with van der Waals surface area (Å²) < 4.78 is 121. The zero-order valence-corrected chi connectivity index (χ0v) is 21.6. The molecule has 1 N–H and O–H groups in total. The Hall–Kier alpha value is -2.91. The minimum atomic E-state index is -5.81. The van der Waals surface area contributed by atoms with Crippen molar-refractivity contribution in [3.63, 3.8) is 0 Å². The fourth-order valence-corrected chi connectivity index (χ4v) is 5.85. The van der Waals surface area contributed by atoms with Gasteiger partial charge in [-0.25, -0.2) is 9.59 Å². The maximum Gasteiger partial charge on any atom is 0.434 e. The number of carboxylic acid groups (broad SMARTS) is 1. The predicted molar refractivity (Wildman–Crippen MR) is 125 cm³/mol. The number of halogens is 9. The number of rotatable bonds is 5. The molecule has 3 aliphatic rings. The van der Waals surface area contributed by atoms with Gasteiger partial charge in [-0.2, -0.15) is 39.5 Å². The van der Waals surface area contributed by atoms with Crippen LogP contribution >= 0.6 is 0 Å².